The maximum absolute atomic E-state index is 9.16. The standard InChI is InChI=1S/C13H17BrN2/c1-4-10(3)16-13(8-15)11-6-5-9(2)12(14)7-11/h5-7,10,13,16H,4H2,1-3H3. The van der Waals surface area contributed by atoms with Gasteiger partial charge in [-0.3, -0.25) is 5.32 Å². The molecule has 0 aromatic heterocycles. The van der Waals surface area contributed by atoms with Gasteiger partial charge in [-0.15, -0.1) is 0 Å². The molecule has 0 aliphatic carbocycles. The van der Waals surface area contributed by atoms with Gasteiger partial charge in [-0.1, -0.05) is 35.0 Å². The lowest BCUT2D eigenvalue weighted by Gasteiger charge is -2.17. The van der Waals surface area contributed by atoms with Crippen molar-refractivity contribution >= 4 is 15.9 Å². The van der Waals surface area contributed by atoms with Crippen molar-refractivity contribution in [2.24, 2.45) is 0 Å². The maximum atomic E-state index is 9.16. The smallest absolute Gasteiger partial charge is 0.121 e. The van der Waals surface area contributed by atoms with Gasteiger partial charge >= 0.3 is 0 Å². The summed E-state index contributed by atoms with van der Waals surface area (Å²) in [7, 11) is 0. The Morgan fingerprint density at radius 2 is 2.19 bits per heavy atom. The third-order valence-corrected chi connectivity index (χ3v) is 3.58. The molecule has 0 aliphatic rings. The van der Waals surface area contributed by atoms with Crippen LogP contribution < -0.4 is 5.32 Å². The number of hydrogen-bond donors (Lipinski definition) is 1. The zero-order valence-electron chi connectivity index (χ0n) is 9.92. The molecule has 2 nitrogen and oxygen atoms in total. The van der Waals surface area contributed by atoms with E-state index in [-0.39, 0.29) is 6.04 Å². The summed E-state index contributed by atoms with van der Waals surface area (Å²) in [6, 6.07) is 8.47. The summed E-state index contributed by atoms with van der Waals surface area (Å²) in [5.74, 6) is 0. The largest absolute Gasteiger partial charge is 0.296 e. The van der Waals surface area contributed by atoms with E-state index in [2.05, 4.69) is 41.2 Å². The number of aryl methyl sites for hydroxylation is 1. The molecule has 0 fully saturated rings. The first-order chi connectivity index (χ1) is 7.58. The average Bonchev–Trinajstić information content (AvgIpc) is 2.29. The molecule has 0 amide bonds. The highest BCUT2D eigenvalue weighted by Gasteiger charge is 2.13. The molecule has 1 aromatic carbocycles. The molecule has 1 rings (SSSR count). The average molecular weight is 281 g/mol. The van der Waals surface area contributed by atoms with E-state index < -0.39 is 0 Å². The third-order valence-electron chi connectivity index (χ3n) is 2.72. The van der Waals surface area contributed by atoms with Crippen molar-refractivity contribution in [1.82, 2.24) is 5.32 Å². The second-order valence-electron chi connectivity index (χ2n) is 4.05. The van der Waals surface area contributed by atoms with E-state index in [1.165, 1.54) is 5.56 Å². The minimum atomic E-state index is -0.230. The van der Waals surface area contributed by atoms with E-state index in [9.17, 15) is 0 Å². The van der Waals surface area contributed by atoms with Crippen molar-refractivity contribution < 1.29 is 0 Å². The van der Waals surface area contributed by atoms with Crippen molar-refractivity contribution in [3.8, 4) is 6.07 Å². The van der Waals surface area contributed by atoms with Crippen LogP contribution in [0.1, 0.15) is 37.4 Å². The van der Waals surface area contributed by atoms with Gasteiger partial charge in [0, 0.05) is 10.5 Å². The van der Waals surface area contributed by atoms with E-state index in [0.717, 1.165) is 16.5 Å². The molecule has 0 saturated heterocycles. The van der Waals surface area contributed by atoms with Gasteiger partial charge in [0.1, 0.15) is 6.04 Å². The van der Waals surface area contributed by atoms with Gasteiger partial charge in [0.15, 0.2) is 0 Å². The minimum absolute atomic E-state index is 0.230. The molecule has 2 unspecified atom stereocenters. The fourth-order valence-corrected chi connectivity index (χ4v) is 1.80. The molecule has 1 N–H and O–H groups in total. The van der Waals surface area contributed by atoms with E-state index in [1.54, 1.807) is 0 Å². The van der Waals surface area contributed by atoms with Crippen LogP contribution in [0.25, 0.3) is 0 Å². The van der Waals surface area contributed by atoms with E-state index in [1.807, 2.05) is 25.1 Å². The van der Waals surface area contributed by atoms with Crippen LogP contribution in [0.5, 0.6) is 0 Å². The summed E-state index contributed by atoms with van der Waals surface area (Å²) in [6.07, 6.45) is 1.02. The number of benzene rings is 1. The summed E-state index contributed by atoms with van der Waals surface area (Å²) in [6.45, 7) is 6.24. The SMILES string of the molecule is CCC(C)NC(C#N)c1ccc(C)c(Br)c1. The van der Waals surface area contributed by atoms with Crippen molar-refractivity contribution in [3.05, 3.63) is 33.8 Å². The quantitative estimate of drug-likeness (QED) is 0.913. The molecule has 86 valence electrons. The summed E-state index contributed by atoms with van der Waals surface area (Å²) < 4.78 is 1.05. The number of hydrogen-bond acceptors (Lipinski definition) is 2. The molecule has 0 heterocycles. The van der Waals surface area contributed by atoms with Crippen LogP contribution in [-0.2, 0) is 0 Å². The van der Waals surface area contributed by atoms with E-state index in [4.69, 9.17) is 5.26 Å². The highest BCUT2D eigenvalue weighted by Crippen LogP contribution is 2.22. The molecule has 3 heteroatoms. The van der Waals surface area contributed by atoms with E-state index in [0.29, 0.717) is 6.04 Å². The van der Waals surface area contributed by atoms with Gasteiger partial charge in [0.05, 0.1) is 6.07 Å². The Kier molecular flexibility index (Phi) is 4.98. The zero-order chi connectivity index (χ0) is 12.1. The second-order valence-corrected chi connectivity index (χ2v) is 4.90. The second kappa shape index (κ2) is 6.03. The van der Waals surface area contributed by atoms with Crippen molar-refractivity contribution in [2.75, 3.05) is 0 Å². The van der Waals surface area contributed by atoms with Crippen molar-refractivity contribution in [3.63, 3.8) is 0 Å². The molecule has 0 radical (unpaired) electrons. The number of nitriles is 1. The van der Waals surface area contributed by atoms with Gasteiger partial charge in [-0.2, -0.15) is 5.26 Å². The van der Waals surface area contributed by atoms with Gasteiger partial charge in [-0.05, 0) is 37.5 Å². The van der Waals surface area contributed by atoms with Gasteiger partial charge in [-0.25, -0.2) is 0 Å². The van der Waals surface area contributed by atoms with Crippen LogP contribution in [-0.4, -0.2) is 6.04 Å². The fourth-order valence-electron chi connectivity index (χ4n) is 1.40. The first kappa shape index (κ1) is 13.2. The Bertz CT molecular complexity index is 395. The first-order valence-electron chi connectivity index (χ1n) is 5.50. The molecule has 1 aromatic rings. The summed E-state index contributed by atoms with van der Waals surface area (Å²) >= 11 is 3.49. The molecule has 0 spiro atoms. The molecule has 0 saturated carbocycles. The van der Waals surface area contributed by atoms with E-state index >= 15 is 0 Å². The lowest BCUT2D eigenvalue weighted by atomic mass is 10.1. The van der Waals surface area contributed by atoms with Gasteiger partial charge in [0.25, 0.3) is 0 Å². The maximum Gasteiger partial charge on any atom is 0.121 e. The van der Waals surface area contributed by atoms with Crippen LogP contribution >= 0.6 is 15.9 Å². The van der Waals surface area contributed by atoms with Crippen LogP contribution in [0.4, 0.5) is 0 Å². The molecular formula is C13H17BrN2. The third kappa shape index (κ3) is 3.33. The Balaban J connectivity index is 2.88. The topological polar surface area (TPSA) is 35.8 Å². The molecule has 2 atom stereocenters. The predicted molar refractivity (Wildman–Crippen MR) is 70.1 cm³/mol. The lowest BCUT2D eigenvalue weighted by Crippen LogP contribution is -2.29. The monoisotopic (exact) mass is 280 g/mol. The molecule has 0 aliphatic heterocycles. The summed E-state index contributed by atoms with van der Waals surface area (Å²) in [5.41, 5.74) is 2.20. The molecule has 0 bridgehead atoms. The van der Waals surface area contributed by atoms with Crippen LogP contribution in [0.3, 0.4) is 0 Å². The number of nitrogens with zero attached hydrogens (tertiary/aromatic N) is 1. The Hall–Kier alpha value is -0.850. The fraction of sp³-hybridized carbons (Fsp3) is 0.462. The van der Waals surface area contributed by atoms with Gasteiger partial charge < -0.3 is 0 Å². The lowest BCUT2D eigenvalue weighted by molar-refractivity contribution is 0.501. The normalized spacial score (nSPS) is 14.2. The molecule has 16 heavy (non-hydrogen) atoms. The van der Waals surface area contributed by atoms with Crippen LogP contribution in [0.2, 0.25) is 0 Å². The number of halogens is 1. The first-order valence-corrected chi connectivity index (χ1v) is 6.29. The Labute approximate surface area is 106 Å². The number of rotatable bonds is 4. The highest BCUT2D eigenvalue weighted by molar-refractivity contribution is 9.10. The Morgan fingerprint density at radius 3 is 2.69 bits per heavy atom. The van der Waals surface area contributed by atoms with Crippen LogP contribution in [0.15, 0.2) is 22.7 Å². The Morgan fingerprint density at radius 1 is 1.50 bits per heavy atom. The van der Waals surface area contributed by atoms with Gasteiger partial charge in [0.2, 0.25) is 0 Å². The highest BCUT2D eigenvalue weighted by atomic mass is 79.9. The zero-order valence-corrected chi connectivity index (χ0v) is 11.5. The van der Waals surface area contributed by atoms with Crippen molar-refractivity contribution in [2.45, 2.75) is 39.3 Å². The summed E-state index contributed by atoms with van der Waals surface area (Å²) in [5, 5.41) is 12.5. The van der Waals surface area contributed by atoms with Crippen LogP contribution in [0, 0.1) is 18.3 Å². The minimum Gasteiger partial charge on any atom is -0.296 e. The predicted octanol–water partition coefficient (Wildman–Crippen LogP) is 3.71. The van der Waals surface area contributed by atoms with Crippen molar-refractivity contribution in [1.29, 1.82) is 5.26 Å². The number of nitrogens with one attached hydrogen (secondary N) is 1. The molecular weight excluding hydrogens is 264 g/mol. The summed E-state index contributed by atoms with van der Waals surface area (Å²) in [4.78, 5) is 0.